The van der Waals surface area contributed by atoms with Gasteiger partial charge in [-0.15, -0.1) is 0 Å². The number of anilines is 1. The van der Waals surface area contributed by atoms with E-state index in [2.05, 4.69) is 48.3 Å². The molecule has 1 aliphatic rings. The van der Waals surface area contributed by atoms with Crippen molar-refractivity contribution in [1.82, 2.24) is 9.80 Å². The fraction of sp³-hybridized carbons (Fsp3) is 0.480. The molecule has 0 unspecified atom stereocenters. The van der Waals surface area contributed by atoms with Gasteiger partial charge in [-0.2, -0.15) is 0 Å². The van der Waals surface area contributed by atoms with Gasteiger partial charge in [0.1, 0.15) is 0 Å². The number of urea groups is 1. The minimum Gasteiger partial charge on any atom is -0.379 e. The number of rotatable bonds is 8. The van der Waals surface area contributed by atoms with E-state index < -0.39 is 0 Å². The summed E-state index contributed by atoms with van der Waals surface area (Å²) in [5, 5.41) is 3.06. The van der Waals surface area contributed by atoms with Crippen LogP contribution < -0.4 is 5.32 Å². The van der Waals surface area contributed by atoms with Crippen molar-refractivity contribution < 1.29 is 9.53 Å². The molecule has 3 rings (SSSR count). The highest BCUT2D eigenvalue weighted by molar-refractivity contribution is 5.89. The maximum Gasteiger partial charge on any atom is 0.322 e. The summed E-state index contributed by atoms with van der Waals surface area (Å²) in [5.41, 5.74) is 4.49. The summed E-state index contributed by atoms with van der Waals surface area (Å²) < 4.78 is 5.43. The number of amides is 2. The third-order valence-corrected chi connectivity index (χ3v) is 5.62. The van der Waals surface area contributed by atoms with Crippen molar-refractivity contribution in [3.8, 4) is 0 Å². The molecule has 5 heteroatoms. The van der Waals surface area contributed by atoms with Crippen molar-refractivity contribution in [3.05, 3.63) is 65.2 Å². The second-order valence-electron chi connectivity index (χ2n) is 8.42. The zero-order valence-electron chi connectivity index (χ0n) is 18.6. The zero-order chi connectivity index (χ0) is 21.3. The Labute approximate surface area is 181 Å². The third kappa shape index (κ3) is 6.85. The van der Waals surface area contributed by atoms with Crippen LogP contribution in [-0.2, 0) is 11.3 Å². The fourth-order valence-electron chi connectivity index (χ4n) is 3.63. The van der Waals surface area contributed by atoms with Crippen LogP contribution in [-0.4, -0.2) is 55.2 Å². The summed E-state index contributed by atoms with van der Waals surface area (Å²) in [6.07, 6.45) is 0.950. The first kappa shape index (κ1) is 22.3. The maximum atomic E-state index is 13.0. The van der Waals surface area contributed by atoms with E-state index in [0.29, 0.717) is 12.5 Å². The Balaban J connectivity index is 1.63. The molecule has 1 saturated heterocycles. The van der Waals surface area contributed by atoms with Gasteiger partial charge in [0.15, 0.2) is 0 Å². The Morgan fingerprint density at radius 3 is 2.37 bits per heavy atom. The molecular formula is C25H35N3O2. The minimum atomic E-state index is -0.0474. The SMILES string of the molecule is Cc1ccc(NC(=O)N(CCCN2CCOCC2)Cc2ccc(C(C)C)cc2)cc1. The van der Waals surface area contributed by atoms with Crippen LogP contribution in [0.1, 0.15) is 42.9 Å². The van der Waals surface area contributed by atoms with Gasteiger partial charge in [0, 0.05) is 38.4 Å². The summed E-state index contributed by atoms with van der Waals surface area (Å²) in [4.78, 5) is 17.4. The van der Waals surface area contributed by atoms with Gasteiger partial charge in [0.05, 0.1) is 13.2 Å². The highest BCUT2D eigenvalue weighted by Gasteiger charge is 2.16. The van der Waals surface area contributed by atoms with Crippen molar-refractivity contribution in [1.29, 1.82) is 0 Å². The molecule has 1 aliphatic heterocycles. The molecule has 0 atom stereocenters. The normalized spacial score (nSPS) is 14.7. The van der Waals surface area contributed by atoms with E-state index >= 15 is 0 Å². The van der Waals surface area contributed by atoms with Crippen molar-refractivity contribution >= 4 is 11.7 Å². The van der Waals surface area contributed by atoms with Gasteiger partial charge in [-0.1, -0.05) is 55.8 Å². The van der Waals surface area contributed by atoms with E-state index in [1.165, 1.54) is 11.1 Å². The highest BCUT2D eigenvalue weighted by Crippen LogP contribution is 2.17. The van der Waals surface area contributed by atoms with Crippen LogP contribution in [0, 0.1) is 6.92 Å². The van der Waals surface area contributed by atoms with E-state index in [1.807, 2.05) is 36.1 Å². The van der Waals surface area contributed by atoms with E-state index in [9.17, 15) is 4.79 Å². The summed E-state index contributed by atoms with van der Waals surface area (Å²) in [6.45, 7) is 12.3. The Morgan fingerprint density at radius 1 is 1.07 bits per heavy atom. The minimum absolute atomic E-state index is 0.0474. The lowest BCUT2D eigenvalue weighted by Crippen LogP contribution is -2.40. The Hall–Kier alpha value is -2.37. The molecule has 0 aliphatic carbocycles. The van der Waals surface area contributed by atoms with Crippen LogP contribution in [0.2, 0.25) is 0 Å². The molecule has 30 heavy (non-hydrogen) atoms. The fourth-order valence-corrected chi connectivity index (χ4v) is 3.63. The first-order valence-corrected chi connectivity index (χ1v) is 11.0. The van der Waals surface area contributed by atoms with Gasteiger partial charge in [-0.3, -0.25) is 4.90 Å². The standard InChI is InChI=1S/C25H35N3O2/c1-20(2)23-9-7-22(8-10-23)19-28(14-4-13-27-15-17-30-18-16-27)25(29)26-24-11-5-21(3)6-12-24/h5-12,20H,4,13-19H2,1-3H3,(H,26,29). The number of nitrogens with one attached hydrogen (secondary N) is 1. The molecule has 5 nitrogen and oxygen atoms in total. The molecule has 2 amide bonds. The molecule has 0 saturated carbocycles. The van der Waals surface area contributed by atoms with E-state index in [4.69, 9.17) is 4.74 Å². The number of hydrogen-bond acceptors (Lipinski definition) is 3. The maximum absolute atomic E-state index is 13.0. The molecule has 1 N–H and O–H groups in total. The van der Waals surface area contributed by atoms with Gasteiger partial charge in [0.25, 0.3) is 0 Å². The van der Waals surface area contributed by atoms with Crippen molar-refractivity contribution in [2.75, 3.05) is 44.7 Å². The average Bonchev–Trinajstić information content (AvgIpc) is 2.75. The van der Waals surface area contributed by atoms with E-state index in [0.717, 1.165) is 57.1 Å². The summed E-state index contributed by atoms with van der Waals surface area (Å²) in [5.74, 6) is 0.508. The molecular weight excluding hydrogens is 374 g/mol. The van der Waals surface area contributed by atoms with Crippen LogP contribution in [0.25, 0.3) is 0 Å². The predicted molar refractivity (Wildman–Crippen MR) is 123 cm³/mol. The van der Waals surface area contributed by atoms with Crippen LogP contribution in [0.15, 0.2) is 48.5 Å². The van der Waals surface area contributed by atoms with Gasteiger partial charge >= 0.3 is 6.03 Å². The first-order chi connectivity index (χ1) is 14.5. The largest absolute Gasteiger partial charge is 0.379 e. The average molecular weight is 410 g/mol. The smallest absolute Gasteiger partial charge is 0.322 e. The van der Waals surface area contributed by atoms with Gasteiger partial charge in [-0.25, -0.2) is 4.79 Å². The lowest BCUT2D eigenvalue weighted by atomic mass is 10.0. The Kier molecular flexibility index (Phi) is 8.29. The predicted octanol–water partition coefficient (Wildman–Crippen LogP) is 4.87. The van der Waals surface area contributed by atoms with Crippen molar-refractivity contribution in [2.45, 2.75) is 39.7 Å². The first-order valence-electron chi connectivity index (χ1n) is 11.0. The lowest BCUT2D eigenvalue weighted by Gasteiger charge is -2.28. The van der Waals surface area contributed by atoms with Crippen LogP contribution in [0.3, 0.4) is 0 Å². The van der Waals surface area contributed by atoms with E-state index in [-0.39, 0.29) is 6.03 Å². The van der Waals surface area contributed by atoms with Crippen LogP contribution in [0.4, 0.5) is 10.5 Å². The number of aryl methyl sites for hydroxylation is 1. The van der Waals surface area contributed by atoms with Gasteiger partial charge in [-0.05, 0) is 42.5 Å². The molecule has 2 aromatic carbocycles. The summed E-state index contributed by atoms with van der Waals surface area (Å²) in [6, 6.07) is 16.5. The zero-order valence-corrected chi connectivity index (χ0v) is 18.6. The van der Waals surface area contributed by atoms with E-state index in [1.54, 1.807) is 0 Å². The molecule has 1 heterocycles. The lowest BCUT2D eigenvalue weighted by molar-refractivity contribution is 0.0365. The van der Waals surface area contributed by atoms with Gasteiger partial charge < -0.3 is 15.0 Å². The molecule has 1 fully saturated rings. The quantitative estimate of drug-likeness (QED) is 0.676. The van der Waals surface area contributed by atoms with Crippen molar-refractivity contribution in [3.63, 3.8) is 0 Å². The second kappa shape index (κ2) is 11.1. The molecule has 0 aromatic heterocycles. The number of carbonyl (C=O) groups is 1. The number of ether oxygens (including phenoxy) is 1. The topological polar surface area (TPSA) is 44.8 Å². The number of nitrogens with zero attached hydrogens (tertiary/aromatic N) is 2. The number of hydrogen-bond donors (Lipinski definition) is 1. The van der Waals surface area contributed by atoms with Gasteiger partial charge in [0.2, 0.25) is 0 Å². The summed E-state index contributed by atoms with van der Waals surface area (Å²) in [7, 11) is 0. The molecule has 0 radical (unpaired) electrons. The molecule has 0 spiro atoms. The van der Waals surface area contributed by atoms with Crippen LogP contribution >= 0.6 is 0 Å². The second-order valence-corrected chi connectivity index (χ2v) is 8.42. The molecule has 162 valence electrons. The number of morpholine rings is 1. The van der Waals surface area contributed by atoms with Crippen LogP contribution in [0.5, 0.6) is 0 Å². The Bertz CT molecular complexity index is 781. The summed E-state index contributed by atoms with van der Waals surface area (Å²) >= 11 is 0. The Morgan fingerprint density at radius 2 is 1.73 bits per heavy atom. The monoisotopic (exact) mass is 409 g/mol. The molecule has 2 aromatic rings. The highest BCUT2D eigenvalue weighted by atomic mass is 16.5. The molecule has 0 bridgehead atoms. The third-order valence-electron chi connectivity index (χ3n) is 5.62. The van der Waals surface area contributed by atoms with Crippen molar-refractivity contribution in [2.24, 2.45) is 0 Å². The number of carbonyl (C=O) groups excluding carboxylic acids is 1. The number of benzene rings is 2.